The molecule has 0 bridgehead atoms. The van der Waals surface area contributed by atoms with Crippen LogP contribution in [0.15, 0.2) is 28.7 Å². The van der Waals surface area contributed by atoms with Crippen LogP contribution in [0.2, 0.25) is 5.02 Å². The Kier molecular flexibility index (Phi) is 3.84. The van der Waals surface area contributed by atoms with Crippen molar-refractivity contribution in [1.82, 2.24) is 0 Å². The lowest BCUT2D eigenvalue weighted by molar-refractivity contribution is -0.135. The maximum atomic E-state index is 11.6. The number of hydrogen-bond donors (Lipinski definition) is 1. The summed E-state index contributed by atoms with van der Waals surface area (Å²) in [7, 11) is 0. The SMILES string of the molecule is CCOC(=O)C(=NO)c1csc2cc(Cl)ccc12. The van der Waals surface area contributed by atoms with Crippen molar-refractivity contribution < 1.29 is 14.7 Å². The Morgan fingerprint density at radius 1 is 1.56 bits per heavy atom. The van der Waals surface area contributed by atoms with Crippen LogP contribution in [0.1, 0.15) is 12.5 Å². The molecule has 0 atom stereocenters. The molecule has 0 amide bonds. The molecule has 0 saturated carbocycles. The monoisotopic (exact) mass is 283 g/mol. The molecule has 0 unspecified atom stereocenters. The molecule has 4 nitrogen and oxygen atoms in total. The summed E-state index contributed by atoms with van der Waals surface area (Å²) < 4.78 is 5.76. The van der Waals surface area contributed by atoms with Crippen LogP contribution in [0.25, 0.3) is 10.1 Å². The molecule has 0 fully saturated rings. The number of ether oxygens (including phenoxy) is 1. The zero-order chi connectivity index (χ0) is 13.1. The van der Waals surface area contributed by atoms with Gasteiger partial charge in [0.2, 0.25) is 0 Å². The normalized spacial score (nSPS) is 11.8. The molecule has 0 aliphatic carbocycles. The number of thiophene rings is 1. The Morgan fingerprint density at radius 3 is 3.00 bits per heavy atom. The lowest BCUT2D eigenvalue weighted by Crippen LogP contribution is -2.18. The number of carbonyl (C=O) groups is 1. The van der Waals surface area contributed by atoms with E-state index < -0.39 is 5.97 Å². The molecule has 2 aromatic rings. The quantitative estimate of drug-likeness (QED) is 0.407. The van der Waals surface area contributed by atoms with E-state index in [1.54, 1.807) is 30.5 Å². The van der Waals surface area contributed by atoms with Crippen molar-refractivity contribution in [3.8, 4) is 0 Å². The number of rotatable bonds is 3. The fraction of sp³-hybridized carbons (Fsp3) is 0.167. The van der Waals surface area contributed by atoms with E-state index in [0.29, 0.717) is 10.6 Å². The second-order valence-corrected chi connectivity index (χ2v) is 4.81. The first-order valence-corrected chi connectivity index (χ1v) is 6.49. The van der Waals surface area contributed by atoms with Crippen LogP contribution >= 0.6 is 22.9 Å². The number of halogens is 1. The minimum Gasteiger partial charge on any atom is -0.461 e. The average Bonchev–Trinajstić information content (AvgIpc) is 2.73. The maximum Gasteiger partial charge on any atom is 0.361 e. The predicted octanol–water partition coefficient (Wildman–Crippen LogP) is 3.30. The summed E-state index contributed by atoms with van der Waals surface area (Å²) in [6.45, 7) is 1.92. The van der Waals surface area contributed by atoms with Gasteiger partial charge >= 0.3 is 5.97 Å². The van der Waals surface area contributed by atoms with E-state index >= 15 is 0 Å². The van der Waals surface area contributed by atoms with Gasteiger partial charge in [0.25, 0.3) is 0 Å². The maximum absolute atomic E-state index is 11.6. The van der Waals surface area contributed by atoms with Crippen molar-refractivity contribution in [2.75, 3.05) is 6.61 Å². The number of fused-ring (bicyclic) bond motifs is 1. The van der Waals surface area contributed by atoms with Crippen LogP contribution in [0.5, 0.6) is 0 Å². The summed E-state index contributed by atoms with van der Waals surface area (Å²) in [5.41, 5.74) is 0.457. The van der Waals surface area contributed by atoms with Crippen LogP contribution in [0, 0.1) is 0 Å². The summed E-state index contributed by atoms with van der Waals surface area (Å²) in [6, 6.07) is 5.30. The molecule has 0 saturated heterocycles. The van der Waals surface area contributed by atoms with Crippen molar-refractivity contribution in [3.05, 3.63) is 34.2 Å². The number of carbonyl (C=O) groups excluding carboxylic acids is 1. The number of benzene rings is 1. The van der Waals surface area contributed by atoms with Gasteiger partial charge < -0.3 is 9.94 Å². The summed E-state index contributed by atoms with van der Waals surface area (Å²) in [5, 5.41) is 15.2. The molecule has 18 heavy (non-hydrogen) atoms. The van der Waals surface area contributed by atoms with Crippen molar-refractivity contribution in [2.45, 2.75) is 6.92 Å². The van der Waals surface area contributed by atoms with E-state index in [2.05, 4.69) is 5.16 Å². The molecule has 1 aromatic carbocycles. The Labute approximate surface area is 112 Å². The second-order valence-electron chi connectivity index (χ2n) is 3.46. The minimum absolute atomic E-state index is 0.0922. The van der Waals surface area contributed by atoms with E-state index in [-0.39, 0.29) is 12.3 Å². The van der Waals surface area contributed by atoms with E-state index in [9.17, 15) is 4.79 Å². The van der Waals surface area contributed by atoms with Crippen molar-refractivity contribution >= 4 is 44.7 Å². The standard InChI is InChI=1S/C12H10ClNO3S/c1-2-17-12(15)11(14-16)9-6-18-10-5-7(13)3-4-8(9)10/h3-6,16H,2H2,1H3. The fourth-order valence-electron chi connectivity index (χ4n) is 1.59. The Morgan fingerprint density at radius 2 is 2.33 bits per heavy atom. The topological polar surface area (TPSA) is 58.9 Å². The molecule has 0 radical (unpaired) electrons. The summed E-state index contributed by atoms with van der Waals surface area (Å²) in [6.07, 6.45) is 0. The molecular weight excluding hydrogens is 274 g/mol. The first kappa shape index (κ1) is 12.9. The van der Waals surface area contributed by atoms with Gasteiger partial charge in [0, 0.05) is 26.1 Å². The molecule has 1 aromatic heterocycles. The average molecular weight is 284 g/mol. The van der Waals surface area contributed by atoms with E-state index in [1.165, 1.54) is 11.3 Å². The van der Waals surface area contributed by atoms with Crippen LogP contribution in [-0.2, 0) is 9.53 Å². The van der Waals surface area contributed by atoms with Crippen LogP contribution in [-0.4, -0.2) is 23.5 Å². The summed E-state index contributed by atoms with van der Waals surface area (Å²) >= 11 is 7.31. The van der Waals surface area contributed by atoms with Crippen molar-refractivity contribution in [3.63, 3.8) is 0 Å². The third-order valence-corrected chi connectivity index (χ3v) is 3.54. The van der Waals surface area contributed by atoms with Gasteiger partial charge in [-0.1, -0.05) is 22.8 Å². The van der Waals surface area contributed by atoms with Gasteiger partial charge in [-0.25, -0.2) is 4.79 Å². The fourth-order valence-corrected chi connectivity index (χ4v) is 2.81. The highest BCUT2D eigenvalue weighted by molar-refractivity contribution is 7.17. The van der Waals surface area contributed by atoms with Gasteiger partial charge in [-0.05, 0) is 19.1 Å². The minimum atomic E-state index is -0.644. The Hall–Kier alpha value is -1.59. The number of hydrogen-bond acceptors (Lipinski definition) is 5. The lowest BCUT2D eigenvalue weighted by Gasteiger charge is -2.03. The molecule has 6 heteroatoms. The van der Waals surface area contributed by atoms with Crippen molar-refractivity contribution in [2.24, 2.45) is 5.16 Å². The smallest absolute Gasteiger partial charge is 0.361 e. The molecule has 94 valence electrons. The van der Waals surface area contributed by atoms with Gasteiger partial charge in [-0.15, -0.1) is 11.3 Å². The first-order valence-electron chi connectivity index (χ1n) is 5.23. The van der Waals surface area contributed by atoms with Gasteiger partial charge in [0.1, 0.15) is 0 Å². The van der Waals surface area contributed by atoms with Crippen LogP contribution < -0.4 is 0 Å². The van der Waals surface area contributed by atoms with Gasteiger partial charge in [-0.2, -0.15) is 0 Å². The summed E-state index contributed by atoms with van der Waals surface area (Å²) in [4.78, 5) is 11.6. The highest BCUT2D eigenvalue weighted by atomic mass is 35.5. The molecular formula is C12H10ClNO3S. The number of nitrogens with zero attached hydrogens (tertiary/aromatic N) is 1. The highest BCUT2D eigenvalue weighted by Crippen LogP contribution is 2.29. The molecule has 1 N–H and O–H groups in total. The summed E-state index contributed by atoms with van der Waals surface area (Å²) in [5.74, 6) is -0.644. The van der Waals surface area contributed by atoms with E-state index in [4.69, 9.17) is 21.5 Å². The van der Waals surface area contributed by atoms with E-state index in [1.807, 2.05) is 0 Å². The molecule has 1 heterocycles. The third kappa shape index (κ3) is 2.32. The Balaban J connectivity index is 2.50. The van der Waals surface area contributed by atoms with Crippen molar-refractivity contribution in [1.29, 1.82) is 0 Å². The third-order valence-electron chi connectivity index (χ3n) is 2.36. The van der Waals surface area contributed by atoms with Gasteiger partial charge in [0.05, 0.1) is 6.61 Å². The highest BCUT2D eigenvalue weighted by Gasteiger charge is 2.19. The molecule has 0 aliphatic rings. The molecule has 0 spiro atoms. The lowest BCUT2D eigenvalue weighted by atomic mass is 10.1. The van der Waals surface area contributed by atoms with Gasteiger partial charge in [-0.3, -0.25) is 0 Å². The number of esters is 1. The molecule has 2 rings (SSSR count). The van der Waals surface area contributed by atoms with Gasteiger partial charge in [0.15, 0.2) is 5.71 Å². The second kappa shape index (κ2) is 5.37. The molecule has 0 aliphatic heterocycles. The zero-order valence-electron chi connectivity index (χ0n) is 9.51. The predicted molar refractivity (Wildman–Crippen MR) is 71.8 cm³/mol. The van der Waals surface area contributed by atoms with E-state index in [0.717, 1.165) is 10.1 Å². The number of oxime groups is 1. The van der Waals surface area contributed by atoms with Crippen LogP contribution in [0.4, 0.5) is 0 Å². The van der Waals surface area contributed by atoms with Crippen LogP contribution in [0.3, 0.4) is 0 Å². The first-order chi connectivity index (χ1) is 8.67. The largest absolute Gasteiger partial charge is 0.461 e. The Bertz CT molecular complexity index is 621. The zero-order valence-corrected chi connectivity index (χ0v) is 11.1.